The average molecular weight is 266 g/mol. The lowest BCUT2D eigenvalue weighted by Crippen LogP contribution is -2.35. The van der Waals surface area contributed by atoms with E-state index in [0.717, 1.165) is 12.2 Å². The molecule has 1 aromatic rings. The molecule has 0 aromatic heterocycles. The van der Waals surface area contributed by atoms with E-state index in [9.17, 15) is 9.90 Å². The third kappa shape index (κ3) is 6.10. The minimum absolute atomic E-state index is 0.261. The highest BCUT2D eigenvalue weighted by Gasteiger charge is 2.06. The van der Waals surface area contributed by atoms with Gasteiger partial charge in [0.1, 0.15) is 5.75 Å². The van der Waals surface area contributed by atoms with Gasteiger partial charge in [0.25, 0.3) is 0 Å². The molecule has 5 nitrogen and oxygen atoms in total. The fourth-order valence-corrected chi connectivity index (χ4v) is 1.62. The predicted molar refractivity (Wildman–Crippen MR) is 75.5 cm³/mol. The third-order valence-corrected chi connectivity index (χ3v) is 2.54. The van der Waals surface area contributed by atoms with Gasteiger partial charge in [0.15, 0.2) is 0 Å². The Morgan fingerprint density at radius 2 is 2.00 bits per heavy atom. The van der Waals surface area contributed by atoms with Crippen LogP contribution in [0.15, 0.2) is 24.3 Å². The summed E-state index contributed by atoms with van der Waals surface area (Å²) >= 11 is 0. The minimum atomic E-state index is -0.490. The lowest BCUT2D eigenvalue weighted by molar-refractivity contribution is 0.162. The second-order valence-corrected chi connectivity index (χ2v) is 4.23. The van der Waals surface area contributed by atoms with Gasteiger partial charge in [0.2, 0.25) is 0 Å². The Balaban J connectivity index is 2.35. The van der Waals surface area contributed by atoms with Crippen LogP contribution in [0.4, 0.5) is 10.5 Å². The summed E-state index contributed by atoms with van der Waals surface area (Å²) in [6.45, 7) is 4.78. The molecule has 1 aromatic carbocycles. The van der Waals surface area contributed by atoms with Crippen molar-refractivity contribution in [2.24, 2.45) is 0 Å². The van der Waals surface area contributed by atoms with Gasteiger partial charge >= 0.3 is 6.03 Å². The van der Waals surface area contributed by atoms with Crippen molar-refractivity contribution in [2.75, 3.05) is 18.5 Å². The number of amides is 2. The fourth-order valence-electron chi connectivity index (χ4n) is 1.62. The van der Waals surface area contributed by atoms with E-state index >= 15 is 0 Å². The van der Waals surface area contributed by atoms with E-state index in [1.807, 2.05) is 13.8 Å². The maximum atomic E-state index is 11.6. The van der Waals surface area contributed by atoms with E-state index in [1.165, 1.54) is 0 Å². The number of anilines is 1. The molecule has 5 heteroatoms. The maximum absolute atomic E-state index is 11.6. The van der Waals surface area contributed by atoms with Crippen LogP contribution in [0.1, 0.15) is 26.7 Å². The van der Waals surface area contributed by atoms with E-state index in [0.29, 0.717) is 18.7 Å². The fraction of sp³-hybridized carbons (Fsp3) is 0.500. The Hall–Kier alpha value is -1.75. The number of hydrogen-bond acceptors (Lipinski definition) is 3. The molecule has 0 saturated heterocycles. The summed E-state index contributed by atoms with van der Waals surface area (Å²) in [6, 6.07) is 6.82. The quantitative estimate of drug-likeness (QED) is 0.709. The smallest absolute Gasteiger partial charge is 0.319 e. The second kappa shape index (κ2) is 8.37. The average Bonchev–Trinajstić information content (AvgIpc) is 2.39. The second-order valence-electron chi connectivity index (χ2n) is 4.23. The highest BCUT2D eigenvalue weighted by atomic mass is 16.5. The zero-order chi connectivity index (χ0) is 14.1. The largest absolute Gasteiger partial charge is 0.494 e. The van der Waals surface area contributed by atoms with Gasteiger partial charge in [-0.15, -0.1) is 0 Å². The van der Waals surface area contributed by atoms with Crippen LogP contribution in [0.3, 0.4) is 0 Å². The molecule has 0 aliphatic carbocycles. The first kappa shape index (κ1) is 15.3. The van der Waals surface area contributed by atoms with Gasteiger partial charge in [-0.05, 0) is 37.6 Å². The highest BCUT2D eigenvalue weighted by molar-refractivity contribution is 5.89. The topological polar surface area (TPSA) is 70.6 Å². The third-order valence-electron chi connectivity index (χ3n) is 2.54. The van der Waals surface area contributed by atoms with E-state index in [-0.39, 0.29) is 12.6 Å². The Morgan fingerprint density at radius 1 is 1.32 bits per heavy atom. The Labute approximate surface area is 114 Å². The molecule has 0 saturated carbocycles. The van der Waals surface area contributed by atoms with Gasteiger partial charge in [-0.2, -0.15) is 0 Å². The Bertz CT molecular complexity index is 379. The number of aliphatic hydroxyl groups excluding tert-OH is 1. The molecule has 0 fully saturated rings. The molecule has 0 bridgehead atoms. The normalized spacial score (nSPS) is 11.7. The first-order chi connectivity index (χ1) is 9.15. The number of ether oxygens (including phenoxy) is 1. The van der Waals surface area contributed by atoms with Gasteiger partial charge in [-0.1, -0.05) is 13.3 Å². The van der Waals surface area contributed by atoms with Crippen LogP contribution < -0.4 is 15.4 Å². The molecule has 1 unspecified atom stereocenters. The van der Waals surface area contributed by atoms with Gasteiger partial charge < -0.3 is 20.5 Å². The zero-order valence-electron chi connectivity index (χ0n) is 11.5. The van der Waals surface area contributed by atoms with Crippen LogP contribution in [-0.2, 0) is 0 Å². The van der Waals surface area contributed by atoms with E-state index in [2.05, 4.69) is 10.6 Å². The lowest BCUT2D eigenvalue weighted by atomic mass is 10.2. The molecule has 0 aliphatic rings. The number of carbonyl (C=O) groups is 1. The Morgan fingerprint density at radius 3 is 2.58 bits per heavy atom. The molecular formula is C14H22N2O3. The molecule has 0 spiro atoms. The first-order valence-electron chi connectivity index (χ1n) is 6.61. The number of rotatable bonds is 7. The molecule has 106 valence electrons. The molecular weight excluding hydrogens is 244 g/mol. The van der Waals surface area contributed by atoms with Crippen LogP contribution in [0.5, 0.6) is 5.75 Å². The summed E-state index contributed by atoms with van der Waals surface area (Å²) in [5.41, 5.74) is 0.686. The van der Waals surface area contributed by atoms with E-state index in [4.69, 9.17) is 4.74 Å². The summed E-state index contributed by atoms with van der Waals surface area (Å²) in [7, 11) is 0. The standard InChI is InChI=1S/C14H22N2O3/c1-3-5-12(17)10-15-14(18)16-11-6-8-13(9-7-11)19-4-2/h6-9,12,17H,3-5,10H2,1-2H3,(H2,15,16,18). The van der Waals surface area contributed by atoms with Crippen molar-refractivity contribution < 1.29 is 14.6 Å². The first-order valence-corrected chi connectivity index (χ1v) is 6.61. The summed E-state index contributed by atoms with van der Waals surface area (Å²) in [6.07, 6.45) is 1.09. The van der Waals surface area contributed by atoms with Crippen molar-refractivity contribution >= 4 is 11.7 Å². The molecule has 2 amide bonds. The van der Waals surface area contributed by atoms with Gasteiger partial charge in [0, 0.05) is 12.2 Å². The number of aliphatic hydroxyl groups is 1. The van der Waals surface area contributed by atoms with Gasteiger partial charge in [0.05, 0.1) is 12.7 Å². The zero-order valence-corrected chi connectivity index (χ0v) is 11.5. The summed E-state index contributed by atoms with van der Waals surface area (Å²) in [5.74, 6) is 0.770. The molecule has 1 atom stereocenters. The molecule has 3 N–H and O–H groups in total. The SMILES string of the molecule is CCCC(O)CNC(=O)Nc1ccc(OCC)cc1. The van der Waals surface area contributed by atoms with Crippen molar-refractivity contribution in [3.63, 3.8) is 0 Å². The van der Waals surface area contributed by atoms with Crippen LogP contribution in [0.25, 0.3) is 0 Å². The molecule has 19 heavy (non-hydrogen) atoms. The van der Waals surface area contributed by atoms with Crippen molar-refractivity contribution in [3.8, 4) is 5.75 Å². The molecule has 0 aliphatic heterocycles. The van der Waals surface area contributed by atoms with E-state index < -0.39 is 6.10 Å². The molecule has 0 radical (unpaired) electrons. The van der Waals surface area contributed by atoms with Crippen LogP contribution >= 0.6 is 0 Å². The Kier molecular flexibility index (Phi) is 6.74. The number of hydrogen-bond donors (Lipinski definition) is 3. The summed E-state index contributed by atoms with van der Waals surface area (Å²) in [4.78, 5) is 11.6. The van der Waals surface area contributed by atoms with Crippen LogP contribution in [0.2, 0.25) is 0 Å². The highest BCUT2D eigenvalue weighted by Crippen LogP contribution is 2.15. The van der Waals surface area contributed by atoms with Crippen LogP contribution in [0, 0.1) is 0 Å². The number of nitrogens with one attached hydrogen (secondary N) is 2. The lowest BCUT2D eigenvalue weighted by Gasteiger charge is -2.12. The summed E-state index contributed by atoms with van der Waals surface area (Å²) < 4.78 is 5.31. The van der Waals surface area contributed by atoms with Crippen molar-refractivity contribution in [1.82, 2.24) is 5.32 Å². The van der Waals surface area contributed by atoms with E-state index in [1.54, 1.807) is 24.3 Å². The van der Waals surface area contributed by atoms with Crippen molar-refractivity contribution in [3.05, 3.63) is 24.3 Å². The number of urea groups is 1. The van der Waals surface area contributed by atoms with Gasteiger partial charge in [-0.3, -0.25) is 0 Å². The van der Waals surface area contributed by atoms with Crippen LogP contribution in [-0.4, -0.2) is 30.4 Å². The number of benzene rings is 1. The van der Waals surface area contributed by atoms with Crippen molar-refractivity contribution in [1.29, 1.82) is 0 Å². The van der Waals surface area contributed by atoms with Gasteiger partial charge in [-0.25, -0.2) is 4.79 Å². The van der Waals surface area contributed by atoms with Crippen molar-refractivity contribution in [2.45, 2.75) is 32.8 Å². The molecule has 0 heterocycles. The maximum Gasteiger partial charge on any atom is 0.319 e. The molecule has 1 rings (SSSR count). The monoisotopic (exact) mass is 266 g/mol. The number of carbonyl (C=O) groups excluding carboxylic acids is 1. The summed E-state index contributed by atoms with van der Waals surface area (Å²) in [5, 5.41) is 14.8. The minimum Gasteiger partial charge on any atom is -0.494 e. The predicted octanol–water partition coefficient (Wildman–Crippen LogP) is 2.37.